The summed E-state index contributed by atoms with van der Waals surface area (Å²) >= 11 is 12.4. The van der Waals surface area contributed by atoms with Crippen LogP contribution in [0.3, 0.4) is 0 Å². The van der Waals surface area contributed by atoms with Gasteiger partial charge >= 0.3 is 6.18 Å². The number of hydrogen-bond donors (Lipinski definition) is 1. The van der Waals surface area contributed by atoms with E-state index < -0.39 is 17.6 Å². The van der Waals surface area contributed by atoms with Crippen molar-refractivity contribution in [2.24, 2.45) is 0 Å². The van der Waals surface area contributed by atoms with Crippen LogP contribution in [0.15, 0.2) is 36.5 Å². The van der Waals surface area contributed by atoms with Crippen LogP contribution in [-0.2, 0) is 24.1 Å². The molecule has 0 bridgehead atoms. The van der Waals surface area contributed by atoms with Crippen molar-refractivity contribution in [2.75, 3.05) is 5.32 Å². The average Bonchev–Trinajstić information content (AvgIpc) is 3.52. The van der Waals surface area contributed by atoms with Gasteiger partial charge in [0.2, 0.25) is 5.91 Å². The third-order valence-electron chi connectivity index (χ3n) is 5.76. The number of carbonyl (C=O) groups excluding carboxylic acids is 1. The zero-order valence-corrected chi connectivity index (χ0v) is 19.9. The van der Waals surface area contributed by atoms with Gasteiger partial charge in [0.25, 0.3) is 0 Å². The number of aromatic nitrogens is 5. The van der Waals surface area contributed by atoms with Crippen molar-refractivity contribution in [1.82, 2.24) is 24.5 Å². The second-order valence-electron chi connectivity index (χ2n) is 8.47. The van der Waals surface area contributed by atoms with Crippen LogP contribution in [-0.4, -0.2) is 30.5 Å². The molecule has 1 aromatic carbocycles. The molecule has 1 aliphatic carbocycles. The first-order chi connectivity index (χ1) is 16.6. The summed E-state index contributed by atoms with van der Waals surface area (Å²) in [6, 6.07) is 8.37. The van der Waals surface area contributed by atoms with Gasteiger partial charge in [-0.25, -0.2) is 9.67 Å². The molecule has 0 saturated heterocycles. The van der Waals surface area contributed by atoms with Crippen LogP contribution in [0.25, 0.3) is 11.0 Å². The molecule has 0 radical (unpaired) electrons. The molecule has 0 atom stereocenters. The lowest BCUT2D eigenvalue weighted by molar-refractivity contribution is -0.136. The predicted octanol–water partition coefficient (Wildman–Crippen LogP) is 5.83. The lowest BCUT2D eigenvalue weighted by atomic mass is 10.1. The molecule has 1 aliphatic rings. The molecular weight excluding hydrogens is 504 g/mol. The lowest BCUT2D eigenvalue weighted by Crippen LogP contribution is -2.20. The van der Waals surface area contributed by atoms with E-state index in [4.69, 9.17) is 23.2 Å². The fourth-order valence-electron chi connectivity index (χ4n) is 3.97. The maximum Gasteiger partial charge on any atom is 0.417 e. The highest BCUT2D eigenvalue weighted by atomic mass is 35.5. The highest BCUT2D eigenvalue weighted by Crippen LogP contribution is 2.43. The summed E-state index contributed by atoms with van der Waals surface area (Å²) in [5.41, 5.74) is 0.590. The van der Waals surface area contributed by atoms with Crippen molar-refractivity contribution >= 4 is 46.0 Å². The Kier molecular flexibility index (Phi) is 5.96. The normalized spacial score (nSPS) is 14.0. The van der Waals surface area contributed by atoms with E-state index in [0.29, 0.717) is 17.3 Å². The number of carbonyl (C=O) groups is 1. The minimum absolute atomic E-state index is 0.00104. The van der Waals surface area contributed by atoms with Gasteiger partial charge in [-0.15, -0.1) is 0 Å². The lowest BCUT2D eigenvalue weighted by Gasteiger charge is -2.11. The van der Waals surface area contributed by atoms with Crippen LogP contribution in [0.4, 0.5) is 19.0 Å². The number of rotatable bonds is 6. The Hall–Kier alpha value is -3.11. The number of benzene rings is 1. The second kappa shape index (κ2) is 8.83. The molecule has 12 heteroatoms. The number of hydrogen-bond acceptors (Lipinski definition) is 4. The van der Waals surface area contributed by atoms with E-state index >= 15 is 0 Å². The van der Waals surface area contributed by atoms with Crippen molar-refractivity contribution in [2.45, 2.75) is 44.9 Å². The Balaban J connectivity index is 1.39. The molecule has 0 unspecified atom stereocenters. The Morgan fingerprint density at radius 3 is 2.60 bits per heavy atom. The number of aryl methyl sites for hydroxylation is 1. The predicted molar refractivity (Wildman–Crippen MR) is 126 cm³/mol. The molecule has 35 heavy (non-hydrogen) atoms. The molecule has 182 valence electrons. The van der Waals surface area contributed by atoms with Gasteiger partial charge in [0.1, 0.15) is 11.6 Å². The first-order valence-electron chi connectivity index (χ1n) is 10.8. The number of nitrogens with zero attached hydrogens (tertiary/aromatic N) is 5. The Bertz CT molecular complexity index is 1440. The third-order valence-corrected chi connectivity index (χ3v) is 6.40. The molecule has 1 amide bonds. The molecule has 4 aromatic rings. The molecule has 3 heterocycles. The van der Waals surface area contributed by atoms with E-state index in [0.717, 1.165) is 24.5 Å². The van der Waals surface area contributed by atoms with E-state index in [1.54, 1.807) is 12.3 Å². The SMILES string of the molecule is Cc1nn(CC(=O)Nc2nn(Cc3ccccc3Cl)cc2Cl)c2nc(C3CC3)cc(C(F)(F)F)c12. The molecule has 1 N–H and O–H groups in total. The highest BCUT2D eigenvalue weighted by molar-refractivity contribution is 6.33. The zero-order chi connectivity index (χ0) is 24.9. The van der Waals surface area contributed by atoms with Crippen LogP contribution in [0.1, 0.15) is 41.3 Å². The quantitative estimate of drug-likeness (QED) is 0.345. The van der Waals surface area contributed by atoms with Gasteiger partial charge < -0.3 is 5.32 Å². The number of amides is 1. The maximum absolute atomic E-state index is 13.8. The Labute approximate surface area is 207 Å². The summed E-state index contributed by atoms with van der Waals surface area (Å²) in [7, 11) is 0. The summed E-state index contributed by atoms with van der Waals surface area (Å²) in [6.07, 6.45) is -1.43. The van der Waals surface area contributed by atoms with Crippen molar-refractivity contribution in [3.8, 4) is 0 Å². The van der Waals surface area contributed by atoms with Gasteiger partial charge in [0, 0.05) is 22.8 Å². The largest absolute Gasteiger partial charge is 0.417 e. The maximum atomic E-state index is 13.8. The summed E-state index contributed by atoms with van der Waals surface area (Å²) in [6.45, 7) is 1.46. The van der Waals surface area contributed by atoms with Gasteiger partial charge in [-0.2, -0.15) is 23.4 Å². The summed E-state index contributed by atoms with van der Waals surface area (Å²) in [5.74, 6) is -0.426. The smallest absolute Gasteiger partial charge is 0.306 e. The van der Waals surface area contributed by atoms with Gasteiger partial charge in [-0.3, -0.25) is 9.48 Å². The van der Waals surface area contributed by atoms with Crippen LogP contribution < -0.4 is 5.32 Å². The van der Waals surface area contributed by atoms with Gasteiger partial charge in [0.15, 0.2) is 11.5 Å². The van der Waals surface area contributed by atoms with Crippen LogP contribution in [0.2, 0.25) is 10.0 Å². The third kappa shape index (κ3) is 4.85. The molecule has 0 spiro atoms. The minimum atomic E-state index is -4.56. The van der Waals surface area contributed by atoms with Crippen molar-refractivity contribution in [3.63, 3.8) is 0 Å². The first kappa shape index (κ1) is 23.6. The van der Waals surface area contributed by atoms with E-state index in [9.17, 15) is 18.0 Å². The van der Waals surface area contributed by atoms with Gasteiger partial charge in [0.05, 0.1) is 23.2 Å². The minimum Gasteiger partial charge on any atom is -0.306 e. The number of nitrogens with one attached hydrogen (secondary N) is 1. The molecule has 0 aliphatic heterocycles. The number of pyridine rings is 1. The summed E-state index contributed by atoms with van der Waals surface area (Å²) in [5, 5.41) is 11.7. The monoisotopic (exact) mass is 522 g/mol. The first-order valence-corrected chi connectivity index (χ1v) is 11.6. The highest BCUT2D eigenvalue weighted by Gasteiger charge is 2.37. The van der Waals surface area contributed by atoms with Gasteiger partial charge in [-0.1, -0.05) is 41.4 Å². The van der Waals surface area contributed by atoms with Crippen LogP contribution >= 0.6 is 23.2 Å². The van der Waals surface area contributed by atoms with Crippen LogP contribution in [0.5, 0.6) is 0 Å². The van der Waals surface area contributed by atoms with Crippen molar-refractivity contribution < 1.29 is 18.0 Å². The number of anilines is 1. The molecular formula is C23H19Cl2F3N6O. The second-order valence-corrected chi connectivity index (χ2v) is 9.29. The molecule has 7 nitrogen and oxygen atoms in total. The summed E-state index contributed by atoms with van der Waals surface area (Å²) < 4.78 is 44.0. The van der Waals surface area contributed by atoms with E-state index in [1.165, 1.54) is 16.3 Å². The van der Waals surface area contributed by atoms with Gasteiger partial charge in [-0.05, 0) is 37.5 Å². The van der Waals surface area contributed by atoms with E-state index in [1.807, 2.05) is 18.2 Å². The number of alkyl halides is 3. The van der Waals surface area contributed by atoms with E-state index in [2.05, 4.69) is 20.5 Å². The molecule has 3 aromatic heterocycles. The number of fused-ring (bicyclic) bond motifs is 1. The fourth-order valence-corrected chi connectivity index (χ4v) is 4.36. The summed E-state index contributed by atoms with van der Waals surface area (Å²) in [4.78, 5) is 17.2. The van der Waals surface area contributed by atoms with Crippen LogP contribution in [0, 0.1) is 6.92 Å². The number of halogens is 5. The molecule has 1 fully saturated rings. The molecule has 5 rings (SSSR count). The Morgan fingerprint density at radius 1 is 1.17 bits per heavy atom. The molecule has 1 saturated carbocycles. The van der Waals surface area contributed by atoms with Crippen molar-refractivity contribution in [1.29, 1.82) is 0 Å². The van der Waals surface area contributed by atoms with Crippen molar-refractivity contribution in [3.05, 3.63) is 69.1 Å². The zero-order valence-electron chi connectivity index (χ0n) is 18.4. The fraction of sp³-hybridized carbons (Fsp3) is 0.304. The standard InChI is InChI=1S/C23H19Cl2F3N6O/c1-12-20-15(23(26,27)28)8-18(13-6-7-13)29-22(20)34(31-12)11-19(35)30-21-17(25)10-33(32-21)9-14-4-2-3-5-16(14)24/h2-5,8,10,13H,6-7,9,11H2,1H3,(H,30,32,35). The Morgan fingerprint density at radius 2 is 1.91 bits per heavy atom. The topological polar surface area (TPSA) is 77.6 Å². The average molecular weight is 523 g/mol. The van der Waals surface area contributed by atoms with E-state index in [-0.39, 0.29) is 40.0 Å².